The van der Waals surface area contributed by atoms with Crippen molar-refractivity contribution in [2.75, 3.05) is 13.2 Å². The largest absolute Gasteiger partial charge is 0.472 e. The molecule has 0 saturated carbocycles. The van der Waals surface area contributed by atoms with Crippen LogP contribution in [0.15, 0.2) is 0 Å². The summed E-state index contributed by atoms with van der Waals surface area (Å²) >= 11 is 0. The van der Waals surface area contributed by atoms with Crippen LogP contribution in [-0.2, 0) is 86.9 Å². The first-order valence-electron chi connectivity index (χ1n) is 13.0. The Morgan fingerprint density at radius 3 is 0.945 bits per heavy atom. The molecule has 2 aliphatic rings. The van der Waals surface area contributed by atoms with Crippen LogP contribution in [-0.4, -0.2) is 153 Å². The average molecular weight is 982 g/mol. The van der Waals surface area contributed by atoms with E-state index in [1.807, 2.05) is 0 Å². The van der Waals surface area contributed by atoms with Crippen LogP contribution in [0.5, 0.6) is 0 Å². The fraction of sp³-hybridized carbons (Fsp3) is 1.00. The highest BCUT2D eigenvalue weighted by molar-refractivity contribution is 7.48. The van der Waals surface area contributed by atoms with Gasteiger partial charge in [-0.2, -0.15) is 0 Å². The molecule has 0 aliphatic carbocycles. The summed E-state index contributed by atoms with van der Waals surface area (Å²) in [5.74, 6) is 0. The van der Waals surface area contributed by atoms with E-state index < -0.39 is 137 Å². The van der Waals surface area contributed by atoms with Crippen molar-refractivity contribution in [1.29, 1.82) is 0 Å². The summed E-state index contributed by atoms with van der Waals surface area (Å²) < 4.78 is 144. The highest BCUT2D eigenvalue weighted by Crippen LogP contribution is 2.54. The monoisotopic (exact) mass is 982 g/mol. The van der Waals surface area contributed by atoms with Crippen molar-refractivity contribution in [2.24, 2.45) is 0 Å². The molecule has 2 aliphatic heterocycles. The number of hydrogen-bond acceptors (Lipinski definition) is 19. The highest BCUT2D eigenvalue weighted by Gasteiger charge is 2.60. The number of ether oxygens (including phenoxy) is 3. The maximum atomic E-state index is 12.1. The van der Waals surface area contributed by atoms with Crippen molar-refractivity contribution >= 4 is 62.6 Å². The molecule has 0 aromatic heterocycles. The summed E-state index contributed by atoms with van der Waals surface area (Å²) in [7, 11) is -48.1. The standard InChI is InChI=1S/C12H30O35P8/c13-48(14,15)37-1-3-5(7(43-51(22,23)24)10(46-54(31,32)33)12(40-3)47-55(34,35)36)41-11-9(45-53(28,29)30)8(44-52(25,26)27)6(42-50(19,20)21)4(39-11)2-38-49(16,17)18/h3-12H,1-2H2,(H2,13,14,15)(H2,16,17,18)(H2,19,20,21)(H2,22,23,24)(H2,25,26,27)(H2,28,29,30)(H2,31,32,33)(H2,34,35,36)/t3?,4?,5-,6+,7+,8+,9?,10?,11+,12+/m1/s1. The van der Waals surface area contributed by atoms with Gasteiger partial charge in [-0.25, -0.2) is 36.5 Å². The molecule has 2 rings (SSSR count). The number of phosphoric acid groups is 8. The molecule has 35 nitrogen and oxygen atoms in total. The molecule has 16 N–H and O–H groups in total. The number of hydrogen-bond donors (Lipinski definition) is 16. The molecule has 0 aromatic carbocycles. The van der Waals surface area contributed by atoms with Crippen LogP contribution in [0.25, 0.3) is 0 Å². The zero-order chi connectivity index (χ0) is 43.0. The Morgan fingerprint density at radius 2 is 0.600 bits per heavy atom. The maximum Gasteiger partial charge on any atom is 0.472 e. The smallest absolute Gasteiger partial charge is 0.341 e. The molecule has 0 aromatic rings. The lowest BCUT2D eigenvalue weighted by molar-refractivity contribution is -0.345. The topological polar surface area (TPSA) is 562 Å². The predicted octanol–water partition coefficient (Wildman–Crippen LogP) is -4.46. The number of rotatable bonds is 20. The molecule has 2 heterocycles. The lowest BCUT2D eigenvalue weighted by Gasteiger charge is -2.49. The van der Waals surface area contributed by atoms with Gasteiger partial charge in [0, 0.05) is 0 Å². The van der Waals surface area contributed by atoms with Crippen LogP contribution in [0.2, 0.25) is 0 Å². The zero-order valence-corrected chi connectivity index (χ0v) is 32.8. The van der Waals surface area contributed by atoms with Gasteiger partial charge in [0.2, 0.25) is 0 Å². The summed E-state index contributed by atoms with van der Waals surface area (Å²) in [6.45, 7) is -3.50. The second-order valence-corrected chi connectivity index (χ2v) is 19.8. The minimum absolute atomic E-state index is 1.74. The molecule has 0 amide bonds. The number of phosphoric ester groups is 8. The van der Waals surface area contributed by atoms with Crippen LogP contribution >= 0.6 is 62.6 Å². The predicted molar refractivity (Wildman–Crippen MR) is 156 cm³/mol. The summed E-state index contributed by atoms with van der Waals surface area (Å²) in [5.41, 5.74) is 0. The van der Waals surface area contributed by atoms with Crippen molar-refractivity contribution in [1.82, 2.24) is 0 Å². The van der Waals surface area contributed by atoms with Crippen LogP contribution in [0.3, 0.4) is 0 Å². The third-order valence-corrected chi connectivity index (χ3v) is 9.87. The lowest BCUT2D eigenvalue weighted by Crippen LogP contribution is -2.66. The van der Waals surface area contributed by atoms with Gasteiger partial charge >= 0.3 is 62.6 Å². The Morgan fingerprint density at radius 1 is 0.327 bits per heavy atom. The Bertz CT molecular complexity index is 1680. The first kappa shape index (κ1) is 51.9. The fourth-order valence-electron chi connectivity index (χ4n) is 4.40. The molecule has 2 saturated heterocycles. The second kappa shape index (κ2) is 18.8. The van der Waals surface area contributed by atoms with E-state index >= 15 is 0 Å². The molecule has 43 heteroatoms. The van der Waals surface area contributed by atoms with E-state index in [1.54, 1.807) is 0 Å². The molecule has 0 bridgehead atoms. The molecule has 4 unspecified atom stereocenters. The fourth-order valence-corrected chi connectivity index (χ4v) is 8.28. The first-order chi connectivity index (χ1) is 24.2. The summed E-state index contributed by atoms with van der Waals surface area (Å²) in [6, 6.07) is 0. The SMILES string of the molecule is O=P(O)(O)OCC1O[C@@H](OP(=O)(O)O)C(OP(=O)(O)O)[C@@H](OP(=O)(O)O)[C@@H]1O[C@@H]1OC(COP(=O)(O)O)[C@H](OP(=O)(O)O)[C@H](OP(=O)(O)O)C1OP(=O)(O)O. The zero-order valence-electron chi connectivity index (χ0n) is 25.7. The van der Waals surface area contributed by atoms with E-state index in [0.29, 0.717) is 0 Å². The van der Waals surface area contributed by atoms with Gasteiger partial charge in [0.15, 0.2) is 18.7 Å². The van der Waals surface area contributed by atoms with Crippen molar-refractivity contribution in [2.45, 2.75) is 61.4 Å². The van der Waals surface area contributed by atoms with E-state index in [0.717, 1.165) is 0 Å². The molecule has 55 heavy (non-hydrogen) atoms. The van der Waals surface area contributed by atoms with Crippen molar-refractivity contribution in [3.63, 3.8) is 0 Å². The highest BCUT2D eigenvalue weighted by atomic mass is 31.2. The average Bonchev–Trinajstić information content (AvgIpc) is 2.88. The third kappa shape index (κ3) is 20.3. The quantitative estimate of drug-likeness (QED) is 0.0512. The van der Waals surface area contributed by atoms with Gasteiger partial charge in [0.1, 0.15) is 42.7 Å². The molecule has 2 fully saturated rings. The Kier molecular flexibility index (Phi) is 17.7. The molecule has 0 spiro atoms. The Labute approximate surface area is 302 Å². The van der Waals surface area contributed by atoms with E-state index in [4.69, 9.17) is 14.2 Å². The van der Waals surface area contributed by atoms with Crippen molar-refractivity contribution in [3.05, 3.63) is 0 Å². The van der Waals surface area contributed by atoms with Crippen LogP contribution in [0, 0.1) is 0 Å². The first-order valence-corrected chi connectivity index (χ1v) is 25.3. The van der Waals surface area contributed by atoms with E-state index in [-0.39, 0.29) is 0 Å². The maximum absolute atomic E-state index is 12.1. The molecular weight excluding hydrogens is 952 g/mol. The van der Waals surface area contributed by atoms with E-state index in [9.17, 15) is 115 Å². The minimum atomic E-state index is -6.20. The van der Waals surface area contributed by atoms with E-state index in [1.165, 1.54) is 0 Å². The minimum Gasteiger partial charge on any atom is -0.341 e. The van der Waals surface area contributed by atoms with Crippen LogP contribution < -0.4 is 0 Å². The van der Waals surface area contributed by atoms with Crippen LogP contribution in [0.1, 0.15) is 0 Å². The Hall–Kier alpha value is 0.760. The Balaban J connectivity index is 2.97. The third-order valence-electron chi connectivity index (χ3n) is 5.82. The van der Waals surface area contributed by atoms with Gasteiger partial charge in [0.05, 0.1) is 13.2 Å². The van der Waals surface area contributed by atoms with Gasteiger partial charge < -0.3 is 92.5 Å². The summed E-state index contributed by atoms with van der Waals surface area (Å²) in [5, 5.41) is 0. The molecule has 0 radical (unpaired) electrons. The van der Waals surface area contributed by atoms with Gasteiger partial charge in [-0.1, -0.05) is 0 Å². The normalized spacial score (nSPS) is 31.1. The lowest BCUT2D eigenvalue weighted by atomic mass is 9.97. The van der Waals surface area contributed by atoms with Gasteiger partial charge in [-0.3, -0.25) is 36.2 Å². The molecule has 328 valence electrons. The second-order valence-electron chi connectivity index (χ2n) is 10.2. The van der Waals surface area contributed by atoms with Gasteiger partial charge in [-0.15, -0.1) is 0 Å². The van der Waals surface area contributed by atoms with Gasteiger partial charge in [-0.05, 0) is 0 Å². The summed E-state index contributed by atoms with van der Waals surface area (Å²) in [4.78, 5) is 151. The van der Waals surface area contributed by atoms with Crippen molar-refractivity contribution in [3.8, 4) is 0 Å². The summed E-state index contributed by atoms with van der Waals surface area (Å²) in [6.07, 6.45) is -30.0. The van der Waals surface area contributed by atoms with Gasteiger partial charge in [0.25, 0.3) is 0 Å². The van der Waals surface area contributed by atoms with E-state index in [2.05, 4.69) is 36.2 Å². The van der Waals surface area contributed by atoms with Crippen LogP contribution in [0.4, 0.5) is 0 Å². The van der Waals surface area contributed by atoms with Crippen molar-refractivity contribution < 1.29 is 165 Å². The molecule has 10 atom stereocenters. The molecular formula is C12H30O35P8.